The van der Waals surface area contributed by atoms with Gasteiger partial charge in [-0.05, 0) is 17.2 Å². The Balaban J connectivity index is 2.01. The molecule has 0 fully saturated rings. The van der Waals surface area contributed by atoms with E-state index in [-0.39, 0.29) is 11.8 Å². The number of carbonyl (C=O) groups excluding carboxylic acids is 1. The smallest absolute Gasteiger partial charge is 0.235 e. The Morgan fingerprint density at radius 1 is 1.53 bits per heavy atom. The van der Waals surface area contributed by atoms with Gasteiger partial charge < -0.3 is 10.1 Å². The van der Waals surface area contributed by atoms with E-state index in [2.05, 4.69) is 11.4 Å². The third-order valence-corrected chi connectivity index (χ3v) is 2.61. The minimum absolute atomic E-state index is 0.00799. The summed E-state index contributed by atoms with van der Waals surface area (Å²) in [6, 6.07) is 5.97. The second-order valence-corrected chi connectivity index (χ2v) is 3.72. The lowest BCUT2D eigenvalue weighted by Gasteiger charge is -2.05. The van der Waals surface area contributed by atoms with Gasteiger partial charge in [0, 0.05) is 13.0 Å². The number of rotatable bonds is 3. The monoisotopic (exact) mass is 225 g/mol. The zero-order valence-corrected chi connectivity index (χ0v) is 9.01. The van der Waals surface area contributed by atoms with Crippen molar-refractivity contribution in [3.63, 3.8) is 0 Å². The third kappa shape index (κ3) is 2.42. The van der Waals surface area contributed by atoms with Crippen molar-refractivity contribution >= 4 is 17.5 Å². The quantitative estimate of drug-likeness (QED) is 0.792. The normalized spacial score (nSPS) is 13.1. The van der Waals surface area contributed by atoms with Crippen LogP contribution in [0.25, 0.3) is 0 Å². The fourth-order valence-electron chi connectivity index (χ4n) is 1.60. The summed E-state index contributed by atoms with van der Waals surface area (Å²) in [6.07, 6.45) is 0.951. The highest BCUT2D eigenvalue weighted by Gasteiger charge is 2.11. The maximum atomic E-state index is 11.0. The van der Waals surface area contributed by atoms with E-state index in [1.165, 1.54) is 5.56 Å². The summed E-state index contributed by atoms with van der Waals surface area (Å²) >= 11 is 5.38. The van der Waals surface area contributed by atoms with Gasteiger partial charge >= 0.3 is 0 Å². The second kappa shape index (κ2) is 4.53. The molecule has 1 heterocycles. The van der Waals surface area contributed by atoms with Crippen molar-refractivity contribution in [2.75, 3.05) is 12.5 Å². The predicted octanol–water partition coefficient (Wildman–Crippen LogP) is 1.48. The summed E-state index contributed by atoms with van der Waals surface area (Å²) in [7, 11) is 0. The Hall–Kier alpha value is -1.22. The summed E-state index contributed by atoms with van der Waals surface area (Å²) in [5.74, 6) is 0.824. The van der Waals surface area contributed by atoms with E-state index in [1.807, 2.05) is 12.1 Å². The molecular formula is C11H12ClNO2. The summed E-state index contributed by atoms with van der Waals surface area (Å²) in [5, 5.41) is 2.73. The van der Waals surface area contributed by atoms with E-state index in [9.17, 15) is 4.79 Å². The highest BCUT2D eigenvalue weighted by Crippen LogP contribution is 2.25. The fraction of sp³-hybridized carbons (Fsp3) is 0.364. The standard InChI is InChI=1S/C11H12ClNO2/c12-6-11(14)13-7-8-1-2-10-9(5-8)3-4-15-10/h1-2,5H,3-4,6-7H2,(H,13,14). The van der Waals surface area contributed by atoms with Crippen molar-refractivity contribution in [1.82, 2.24) is 5.32 Å². The highest BCUT2D eigenvalue weighted by atomic mass is 35.5. The van der Waals surface area contributed by atoms with E-state index in [0.29, 0.717) is 6.54 Å². The van der Waals surface area contributed by atoms with Gasteiger partial charge in [0.05, 0.1) is 6.61 Å². The molecule has 1 N–H and O–H groups in total. The van der Waals surface area contributed by atoms with Crippen LogP contribution in [-0.4, -0.2) is 18.4 Å². The lowest BCUT2D eigenvalue weighted by atomic mass is 10.1. The molecule has 1 aliphatic heterocycles. The molecule has 0 unspecified atom stereocenters. The van der Waals surface area contributed by atoms with Gasteiger partial charge in [0.2, 0.25) is 5.91 Å². The molecule has 0 aromatic heterocycles. The molecule has 0 spiro atoms. The molecule has 0 bridgehead atoms. The van der Waals surface area contributed by atoms with Gasteiger partial charge in [-0.3, -0.25) is 4.79 Å². The van der Waals surface area contributed by atoms with Gasteiger partial charge in [-0.15, -0.1) is 11.6 Å². The lowest BCUT2D eigenvalue weighted by Crippen LogP contribution is -2.23. The van der Waals surface area contributed by atoms with Crippen LogP contribution in [0, 0.1) is 0 Å². The summed E-state index contributed by atoms with van der Waals surface area (Å²) < 4.78 is 5.39. The van der Waals surface area contributed by atoms with Crippen molar-refractivity contribution in [3.05, 3.63) is 29.3 Å². The number of benzene rings is 1. The van der Waals surface area contributed by atoms with Gasteiger partial charge in [0.25, 0.3) is 0 Å². The Morgan fingerprint density at radius 3 is 3.20 bits per heavy atom. The average molecular weight is 226 g/mol. The number of hydrogen-bond acceptors (Lipinski definition) is 2. The first-order valence-electron chi connectivity index (χ1n) is 4.87. The van der Waals surface area contributed by atoms with Gasteiger partial charge in [0.15, 0.2) is 0 Å². The molecule has 15 heavy (non-hydrogen) atoms. The van der Waals surface area contributed by atoms with E-state index >= 15 is 0 Å². The molecule has 0 aliphatic carbocycles. The number of nitrogens with one attached hydrogen (secondary N) is 1. The maximum Gasteiger partial charge on any atom is 0.235 e. The average Bonchev–Trinajstić information content (AvgIpc) is 2.72. The fourth-order valence-corrected chi connectivity index (χ4v) is 1.69. The maximum absolute atomic E-state index is 11.0. The van der Waals surface area contributed by atoms with Gasteiger partial charge in [0.1, 0.15) is 11.6 Å². The minimum atomic E-state index is -0.145. The second-order valence-electron chi connectivity index (χ2n) is 3.45. The van der Waals surface area contributed by atoms with Crippen LogP contribution in [0.2, 0.25) is 0 Å². The number of halogens is 1. The lowest BCUT2D eigenvalue weighted by molar-refractivity contribution is -0.118. The first-order chi connectivity index (χ1) is 7.29. The van der Waals surface area contributed by atoms with Crippen LogP contribution >= 0.6 is 11.6 Å². The zero-order valence-electron chi connectivity index (χ0n) is 8.25. The molecule has 1 aromatic carbocycles. The Bertz CT molecular complexity index is 379. The number of hydrogen-bond donors (Lipinski definition) is 1. The molecule has 0 saturated carbocycles. The van der Waals surface area contributed by atoms with E-state index < -0.39 is 0 Å². The number of carbonyl (C=O) groups is 1. The van der Waals surface area contributed by atoms with Crippen LogP contribution in [0.3, 0.4) is 0 Å². The number of amides is 1. The van der Waals surface area contributed by atoms with Crippen molar-refractivity contribution in [2.45, 2.75) is 13.0 Å². The molecule has 1 amide bonds. The van der Waals surface area contributed by atoms with Crippen LogP contribution in [-0.2, 0) is 17.8 Å². The third-order valence-electron chi connectivity index (χ3n) is 2.36. The summed E-state index contributed by atoms with van der Waals surface area (Å²) in [5.41, 5.74) is 2.30. The summed E-state index contributed by atoms with van der Waals surface area (Å²) in [4.78, 5) is 11.0. The predicted molar refractivity (Wildman–Crippen MR) is 58.2 cm³/mol. The Labute approximate surface area is 93.4 Å². The molecule has 0 saturated heterocycles. The molecule has 0 atom stereocenters. The minimum Gasteiger partial charge on any atom is -0.493 e. The van der Waals surface area contributed by atoms with Crippen LogP contribution < -0.4 is 10.1 Å². The SMILES string of the molecule is O=C(CCl)NCc1ccc2c(c1)CCO2. The van der Waals surface area contributed by atoms with Crippen LogP contribution in [0.4, 0.5) is 0 Å². The van der Waals surface area contributed by atoms with Crippen LogP contribution in [0.1, 0.15) is 11.1 Å². The van der Waals surface area contributed by atoms with Gasteiger partial charge in [-0.25, -0.2) is 0 Å². The van der Waals surface area contributed by atoms with Crippen LogP contribution in [0.15, 0.2) is 18.2 Å². The van der Waals surface area contributed by atoms with Gasteiger partial charge in [-0.1, -0.05) is 12.1 Å². The zero-order chi connectivity index (χ0) is 10.7. The molecule has 2 rings (SSSR count). The molecule has 1 aliphatic rings. The van der Waals surface area contributed by atoms with Crippen LogP contribution in [0.5, 0.6) is 5.75 Å². The largest absolute Gasteiger partial charge is 0.493 e. The van der Waals surface area contributed by atoms with Gasteiger partial charge in [-0.2, -0.15) is 0 Å². The molecule has 4 heteroatoms. The molecule has 1 aromatic rings. The molecule has 0 radical (unpaired) electrons. The highest BCUT2D eigenvalue weighted by molar-refractivity contribution is 6.27. The van der Waals surface area contributed by atoms with E-state index in [1.54, 1.807) is 0 Å². The van der Waals surface area contributed by atoms with E-state index in [0.717, 1.165) is 24.3 Å². The number of ether oxygens (including phenoxy) is 1. The Kier molecular flexibility index (Phi) is 3.11. The van der Waals surface area contributed by atoms with Crippen molar-refractivity contribution < 1.29 is 9.53 Å². The first-order valence-corrected chi connectivity index (χ1v) is 5.40. The molecule has 80 valence electrons. The van der Waals surface area contributed by atoms with Crippen molar-refractivity contribution in [1.29, 1.82) is 0 Å². The van der Waals surface area contributed by atoms with E-state index in [4.69, 9.17) is 16.3 Å². The van der Waals surface area contributed by atoms with Crippen molar-refractivity contribution in [2.24, 2.45) is 0 Å². The molecular weight excluding hydrogens is 214 g/mol. The Morgan fingerprint density at radius 2 is 2.40 bits per heavy atom. The number of alkyl halides is 1. The topological polar surface area (TPSA) is 38.3 Å². The first kappa shape index (κ1) is 10.3. The molecule has 3 nitrogen and oxygen atoms in total. The summed E-state index contributed by atoms with van der Waals surface area (Å²) in [6.45, 7) is 1.28. The van der Waals surface area contributed by atoms with Crippen molar-refractivity contribution in [3.8, 4) is 5.75 Å². The number of fused-ring (bicyclic) bond motifs is 1.